The molecule has 5 nitrogen and oxygen atoms in total. The molecule has 1 amide bonds. The van der Waals surface area contributed by atoms with Gasteiger partial charge in [-0.3, -0.25) is 9.89 Å². The third-order valence-electron chi connectivity index (χ3n) is 5.02. The first-order chi connectivity index (χ1) is 13.3. The van der Waals surface area contributed by atoms with Crippen LogP contribution >= 0.6 is 11.6 Å². The summed E-state index contributed by atoms with van der Waals surface area (Å²) in [4.78, 5) is 15.2. The Morgan fingerprint density at radius 3 is 2.46 bits per heavy atom. The molecule has 2 aromatic carbocycles. The van der Waals surface area contributed by atoms with Crippen LogP contribution in [0.15, 0.2) is 48.5 Å². The summed E-state index contributed by atoms with van der Waals surface area (Å²) in [6, 6.07) is 15.1. The highest BCUT2D eigenvalue weighted by atomic mass is 35.5. The molecule has 0 bridgehead atoms. The highest BCUT2D eigenvalue weighted by Crippen LogP contribution is 2.46. The van der Waals surface area contributed by atoms with Gasteiger partial charge in [-0.25, -0.2) is 0 Å². The Morgan fingerprint density at radius 2 is 1.86 bits per heavy atom. The zero-order valence-corrected chi connectivity index (χ0v) is 17.0. The first-order valence-corrected chi connectivity index (χ1v) is 9.51. The van der Waals surface area contributed by atoms with Crippen LogP contribution in [0.25, 0.3) is 11.3 Å². The maximum Gasteiger partial charge on any atom is 0.273 e. The van der Waals surface area contributed by atoms with Crippen LogP contribution in [0.1, 0.15) is 48.4 Å². The minimum absolute atomic E-state index is 0.0558. The molecule has 28 heavy (non-hydrogen) atoms. The molecule has 1 unspecified atom stereocenters. The Labute approximate surface area is 169 Å². The number of ether oxygens (including phenoxy) is 1. The van der Waals surface area contributed by atoms with Crippen molar-refractivity contribution >= 4 is 17.5 Å². The van der Waals surface area contributed by atoms with E-state index in [0.717, 1.165) is 28.1 Å². The molecule has 1 aliphatic heterocycles. The van der Waals surface area contributed by atoms with Gasteiger partial charge in [-0.15, -0.1) is 0 Å². The van der Waals surface area contributed by atoms with Crippen LogP contribution in [0.5, 0.6) is 5.75 Å². The third kappa shape index (κ3) is 2.96. The summed E-state index contributed by atoms with van der Waals surface area (Å²) in [5.74, 6) is 0.717. The van der Waals surface area contributed by atoms with Crippen LogP contribution in [-0.2, 0) is 0 Å². The van der Waals surface area contributed by atoms with Gasteiger partial charge >= 0.3 is 0 Å². The molecule has 0 spiro atoms. The van der Waals surface area contributed by atoms with E-state index in [-0.39, 0.29) is 17.5 Å². The molecule has 1 N–H and O–H groups in total. The highest BCUT2D eigenvalue weighted by molar-refractivity contribution is 6.30. The van der Waals surface area contributed by atoms with Crippen molar-refractivity contribution in [3.63, 3.8) is 0 Å². The molecule has 6 heteroatoms. The Kier molecular flexibility index (Phi) is 4.42. The van der Waals surface area contributed by atoms with Crippen molar-refractivity contribution in [1.82, 2.24) is 15.1 Å². The normalized spacial score (nSPS) is 16.4. The summed E-state index contributed by atoms with van der Waals surface area (Å²) in [6.45, 7) is 6.11. The molecule has 3 aromatic rings. The summed E-state index contributed by atoms with van der Waals surface area (Å²) < 4.78 is 5.26. The summed E-state index contributed by atoms with van der Waals surface area (Å²) in [5, 5.41) is 8.10. The number of rotatable bonds is 3. The molecule has 144 valence electrons. The lowest BCUT2D eigenvalue weighted by Crippen LogP contribution is -2.44. The van der Waals surface area contributed by atoms with Crippen LogP contribution in [-0.4, -0.2) is 33.7 Å². The molecule has 0 saturated carbocycles. The number of methoxy groups -OCH3 is 1. The highest BCUT2D eigenvalue weighted by Gasteiger charge is 2.46. The van der Waals surface area contributed by atoms with E-state index in [1.165, 1.54) is 0 Å². The Bertz CT molecular complexity index is 1030. The minimum atomic E-state index is -0.374. The molecule has 0 fully saturated rings. The van der Waals surface area contributed by atoms with E-state index in [2.05, 4.69) is 10.2 Å². The zero-order valence-electron chi connectivity index (χ0n) is 16.3. The molecule has 0 aliphatic carbocycles. The van der Waals surface area contributed by atoms with Gasteiger partial charge in [0.15, 0.2) is 0 Å². The van der Waals surface area contributed by atoms with E-state index >= 15 is 0 Å². The quantitative estimate of drug-likeness (QED) is 0.672. The first kappa shape index (κ1) is 18.6. The van der Waals surface area contributed by atoms with E-state index in [9.17, 15) is 4.79 Å². The lowest BCUT2D eigenvalue weighted by Gasteiger charge is -2.37. The van der Waals surface area contributed by atoms with Crippen molar-refractivity contribution in [2.24, 2.45) is 0 Å². The Hall–Kier alpha value is -2.79. The molecule has 0 saturated heterocycles. The maximum atomic E-state index is 13.3. The number of fused-ring (bicyclic) bond motifs is 1. The van der Waals surface area contributed by atoms with Gasteiger partial charge in [0.05, 0.1) is 18.8 Å². The lowest BCUT2D eigenvalue weighted by atomic mass is 9.93. The van der Waals surface area contributed by atoms with Crippen LogP contribution in [0.3, 0.4) is 0 Å². The number of aromatic amines is 1. The van der Waals surface area contributed by atoms with Gasteiger partial charge in [-0.2, -0.15) is 5.10 Å². The number of hydrogen-bond donors (Lipinski definition) is 1. The van der Waals surface area contributed by atoms with E-state index in [0.29, 0.717) is 10.7 Å². The number of amides is 1. The number of H-pyrrole nitrogens is 1. The van der Waals surface area contributed by atoms with E-state index in [4.69, 9.17) is 16.3 Å². The predicted molar refractivity (Wildman–Crippen MR) is 110 cm³/mol. The number of halogens is 1. The number of hydrogen-bond acceptors (Lipinski definition) is 3. The lowest BCUT2D eigenvalue weighted by molar-refractivity contribution is 0.0546. The predicted octanol–water partition coefficient (Wildman–Crippen LogP) is 5.08. The fraction of sp³-hybridized carbons (Fsp3) is 0.273. The topological polar surface area (TPSA) is 58.2 Å². The van der Waals surface area contributed by atoms with Crippen molar-refractivity contribution < 1.29 is 9.53 Å². The summed E-state index contributed by atoms with van der Waals surface area (Å²) in [5.41, 5.74) is 3.70. The minimum Gasteiger partial charge on any atom is -0.497 e. The van der Waals surface area contributed by atoms with Crippen molar-refractivity contribution in [3.8, 4) is 17.0 Å². The van der Waals surface area contributed by atoms with E-state index < -0.39 is 0 Å². The second-order valence-corrected chi connectivity index (χ2v) is 8.33. The molecule has 2 heterocycles. The van der Waals surface area contributed by atoms with Crippen LogP contribution in [0.2, 0.25) is 5.02 Å². The molecule has 4 rings (SSSR count). The fourth-order valence-corrected chi connectivity index (χ4v) is 4.00. The molecular weight excluding hydrogens is 374 g/mol. The van der Waals surface area contributed by atoms with Crippen molar-refractivity contribution in [3.05, 3.63) is 70.4 Å². The van der Waals surface area contributed by atoms with Gasteiger partial charge in [0.1, 0.15) is 11.4 Å². The second kappa shape index (κ2) is 6.67. The Morgan fingerprint density at radius 1 is 1.14 bits per heavy atom. The maximum absolute atomic E-state index is 13.3. The standard InChI is InChI=1S/C22H22ClN3O2/c1-22(2,3)26-20(14-6-5-7-15(23)12-14)17-18(24-25-19(17)21(26)27)13-8-10-16(28-4)11-9-13/h5-12,20H,1-4H3,(H,24,25). The van der Waals surface area contributed by atoms with Crippen molar-refractivity contribution in [2.75, 3.05) is 7.11 Å². The summed E-state index contributed by atoms with van der Waals surface area (Å²) >= 11 is 6.27. The van der Waals surface area contributed by atoms with Crippen LogP contribution < -0.4 is 4.74 Å². The largest absolute Gasteiger partial charge is 0.497 e. The van der Waals surface area contributed by atoms with Gasteiger partial charge in [-0.05, 0) is 62.7 Å². The van der Waals surface area contributed by atoms with Gasteiger partial charge in [0.2, 0.25) is 0 Å². The van der Waals surface area contributed by atoms with Crippen LogP contribution in [0.4, 0.5) is 0 Å². The molecule has 1 aromatic heterocycles. The molecule has 1 atom stereocenters. The SMILES string of the molecule is COc1ccc(-c2n[nH]c3c2C(c2cccc(Cl)c2)N(C(C)(C)C)C3=O)cc1. The van der Waals surface area contributed by atoms with Gasteiger partial charge in [0, 0.05) is 21.7 Å². The molecule has 1 aliphatic rings. The van der Waals surface area contributed by atoms with Crippen molar-refractivity contribution in [2.45, 2.75) is 32.4 Å². The second-order valence-electron chi connectivity index (χ2n) is 7.89. The summed E-state index contributed by atoms with van der Waals surface area (Å²) in [7, 11) is 1.64. The number of carbonyl (C=O) groups excluding carboxylic acids is 1. The number of benzene rings is 2. The number of nitrogens with one attached hydrogen (secondary N) is 1. The van der Waals surface area contributed by atoms with Crippen LogP contribution in [0, 0.1) is 0 Å². The third-order valence-corrected chi connectivity index (χ3v) is 5.25. The number of nitrogens with zero attached hydrogens (tertiary/aromatic N) is 2. The van der Waals surface area contributed by atoms with E-state index in [1.54, 1.807) is 7.11 Å². The Balaban J connectivity index is 1.91. The molecular formula is C22H22ClN3O2. The molecule has 0 radical (unpaired) electrons. The van der Waals surface area contributed by atoms with E-state index in [1.807, 2.05) is 74.2 Å². The summed E-state index contributed by atoms with van der Waals surface area (Å²) in [6.07, 6.45) is 0. The average Bonchev–Trinajstić information content (AvgIpc) is 3.20. The van der Waals surface area contributed by atoms with Gasteiger partial charge in [0.25, 0.3) is 5.91 Å². The smallest absolute Gasteiger partial charge is 0.273 e. The zero-order chi connectivity index (χ0) is 20.1. The average molecular weight is 396 g/mol. The number of carbonyl (C=O) groups is 1. The first-order valence-electron chi connectivity index (χ1n) is 9.13. The van der Waals surface area contributed by atoms with Gasteiger partial charge < -0.3 is 9.64 Å². The monoisotopic (exact) mass is 395 g/mol. The van der Waals surface area contributed by atoms with Crippen molar-refractivity contribution in [1.29, 1.82) is 0 Å². The van der Waals surface area contributed by atoms with Gasteiger partial charge in [-0.1, -0.05) is 23.7 Å². The fourth-order valence-electron chi connectivity index (χ4n) is 3.80. The number of aromatic nitrogens is 2.